The van der Waals surface area contributed by atoms with E-state index in [2.05, 4.69) is 29.0 Å². The monoisotopic (exact) mass is 403 g/mol. The number of carbonyl (C=O) groups excluding carboxylic acids is 2. The first-order valence-corrected chi connectivity index (χ1v) is 10.6. The van der Waals surface area contributed by atoms with E-state index in [9.17, 15) is 14.4 Å². The molecule has 2 heterocycles. The molecule has 7 heteroatoms. The number of morpholine rings is 1. The summed E-state index contributed by atoms with van der Waals surface area (Å²) in [5, 5.41) is 2.93. The molecule has 1 aromatic rings. The van der Waals surface area contributed by atoms with Crippen LogP contribution in [0, 0.1) is 11.3 Å². The Bertz CT molecular complexity index is 822. The number of ether oxygens (including phenoxy) is 1. The largest absolute Gasteiger partial charge is 0.379 e. The standard InChI is InChI=1S/C22H33N3O4/c1-14(2)9-15(25-5-7-29-8-6-25)13-23-20(27)17-10-16-18(24-21(17)28)11-22(3,4)12-19(16)26/h10,14-15H,5-9,11-13H2,1-4H3,(H,23,27)(H,24,28). The van der Waals surface area contributed by atoms with Crippen molar-refractivity contribution in [2.45, 2.75) is 53.0 Å². The topological polar surface area (TPSA) is 91.5 Å². The molecule has 0 radical (unpaired) electrons. The fourth-order valence-corrected chi connectivity index (χ4v) is 4.35. The van der Waals surface area contributed by atoms with Crippen LogP contribution in [0.4, 0.5) is 0 Å². The molecule has 3 rings (SSSR count). The molecule has 1 aliphatic carbocycles. The number of rotatable bonds is 6. The van der Waals surface area contributed by atoms with E-state index in [-0.39, 0.29) is 22.8 Å². The van der Waals surface area contributed by atoms with Crippen molar-refractivity contribution in [1.82, 2.24) is 15.2 Å². The van der Waals surface area contributed by atoms with Crippen molar-refractivity contribution in [3.8, 4) is 0 Å². The molecule has 1 aromatic heterocycles. The maximum absolute atomic E-state index is 12.8. The zero-order valence-corrected chi connectivity index (χ0v) is 18.0. The van der Waals surface area contributed by atoms with Gasteiger partial charge in [0.25, 0.3) is 11.5 Å². The van der Waals surface area contributed by atoms with Gasteiger partial charge in [-0.1, -0.05) is 27.7 Å². The number of ketones is 1. The molecule has 1 amide bonds. The molecule has 2 N–H and O–H groups in total. The van der Waals surface area contributed by atoms with Gasteiger partial charge < -0.3 is 15.0 Å². The van der Waals surface area contributed by atoms with Crippen LogP contribution >= 0.6 is 0 Å². The van der Waals surface area contributed by atoms with E-state index in [4.69, 9.17) is 4.74 Å². The van der Waals surface area contributed by atoms with Crippen molar-refractivity contribution in [1.29, 1.82) is 0 Å². The van der Waals surface area contributed by atoms with Gasteiger partial charge in [0.05, 0.1) is 13.2 Å². The predicted molar refractivity (Wildman–Crippen MR) is 111 cm³/mol. The fourth-order valence-electron chi connectivity index (χ4n) is 4.35. The Hall–Kier alpha value is -1.99. The number of hydrogen-bond acceptors (Lipinski definition) is 5. The molecule has 1 atom stereocenters. The fraction of sp³-hybridized carbons (Fsp3) is 0.682. The highest BCUT2D eigenvalue weighted by Gasteiger charge is 2.33. The zero-order chi connectivity index (χ0) is 21.2. The third-order valence-corrected chi connectivity index (χ3v) is 5.77. The minimum atomic E-state index is -0.432. The predicted octanol–water partition coefficient (Wildman–Crippen LogP) is 2.01. The third kappa shape index (κ3) is 5.34. The van der Waals surface area contributed by atoms with Gasteiger partial charge in [0.15, 0.2) is 5.78 Å². The van der Waals surface area contributed by atoms with Gasteiger partial charge in [-0.3, -0.25) is 19.3 Å². The molecule has 160 valence electrons. The van der Waals surface area contributed by atoms with Crippen LogP contribution in [0.2, 0.25) is 0 Å². The lowest BCUT2D eigenvalue weighted by Crippen LogP contribution is -2.49. The van der Waals surface area contributed by atoms with Crippen molar-refractivity contribution < 1.29 is 14.3 Å². The smallest absolute Gasteiger partial charge is 0.261 e. The average Bonchev–Trinajstić information content (AvgIpc) is 2.63. The number of fused-ring (bicyclic) bond motifs is 1. The Balaban J connectivity index is 1.73. The molecule has 1 aliphatic heterocycles. The van der Waals surface area contributed by atoms with Crippen LogP contribution < -0.4 is 10.9 Å². The van der Waals surface area contributed by atoms with E-state index >= 15 is 0 Å². The van der Waals surface area contributed by atoms with E-state index in [0.717, 1.165) is 19.5 Å². The van der Waals surface area contributed by atoms with Gasteiger partial charge in [-0.15, -0.1) is 0 Å². The second-order valence-electron chi connectivity index (χ2n) is 9.49. The van der Waals surface area contributed by atoms with Crippen molar-refractivity contribution in [3.63, 3.8) is 0 Å². The number of Topliss-reactive ketones (excluding diaryl/α,β-unsaturated/α-hetero) is 1. The maximum Gasteiger partial charge on any atom is 0.261 e. The van der Waals surface area contributed by atoms with Crippen LogP contribution in [0.5, 0.6) is 0 Å². The van der Waals surface area contributed by atoms with E-state index in [1.807, 2.05) is 13.8 Å². The van der Waals surface area contributed by atoms with Crippen LogP contribution in [0.25, 0.3) is 0 Å². The van der Waals surface area contributed by atoms with Crippen LogP contribution in [0.1, 0.15) is 66.9 Å². The van der Waals surface area contributed by atoms with Crippen molar-refractivity contribution in [2.75, 3.05) is 32.8 Å². The maximum atomic E-state index is 12.8. The number of H-pyrrole nitrogens is 1. The molecular weight excluding hydrogens is 370 g/mol. The molecule has 7 nitrogen and oxygen atoms in total. The molecule has 0 spiro atoms. The summed E-state index contributed by atoms with van der Waals surface area (Å²) < 4.78 is 5.44. The lowest BCUT2D eigenvalue weighted by Gasteiger charge is -2.35. The molecule has 0 aromatic carbocycles. The summed E-state index contributed by atoms with van der Waals surface area (Å²) >= 11 is 0. The first kappa shape index (κ1) is 21.7. The summed E-state index contributed by atoms with van der Waals surface area (Å²) in [5.41, 5.74) is 0.513. The average molecular weight is 404 g/mol. The summed E-state index contributed by atoms with van der Waals surface area (Å²) in [6.07, 6.45) is 1.99. The van der Waals surface area contributed by atoms with Crippen LogP contribution in [0.15, 0.2) is 10.9 Å². The van der Waals surface area contributed by atoms with E-state index < -0.39 is 11.5 Å². The number of amides is 1. The van der Waals surface area contributed by atoms with Crippen molar-refractivity contribution in [2.24, 2.45) is 11.3 Å². The van der Waals surface area contributed by atoms with Gasteiger partial charge in [-0.05, 0) is 30.2 Å². The highest BCUT2D eigenvalue weighted by atomic mass is 16.5. The highest BCUT2D eigenvalue weighted by molar-refractivity contribution is 6.02. The molecule has 29 heavy (non-hydrogen) atoms. The minimum Gasteiger partial charge on any atom is -0.379 e. The number of aromatic amines is 1. The summed E-state index contributed by atoms with van der Waals surface area (Å²) in [6, 6.07) is 1.68. The lowest BCUT2D eigenvalue weighted by atomic mass is 9.75. The molecule has 0 saturated carbocycles. The highest BCUT2D eigenvalue weighted by Crippen LogP contribution is 2.33. The van der Waals surface area contributed by atoms with Crippen molar-refractivity contribution in [3.05, 3.63) is 33.2 Å². The van der Waals surface area contributed by atoms with Gasteiger partial charge in [-0.2, -0.15) is 0 Å². The Labute approximate surface area is 172 Å². The quantitative estimate of drug-likeness (QED) is 0.758. The first-order chi connectivity index (χ1) is 13.7. The second-order valence-corrected chi connectivity index (χ2v) is 9.49. The third-order valence-electron chi connectivity index (χ3n) is 5.77. The van der Waals surface area contributed by atoms with Crippen LogP contribution in [-0.4, -0.2) is 60.5 Å². The Morgan fingerprint density at radius 1 is 1.24 bits per heavy atom. The number of nitrogens with one attached hydrogen (secondary N) is 2. The number of aromatic nitrogens is 1. The Kier molecular flexibility index (Phi) is 6.58. The molecule has 2 aliphatic rings. The molecule has 1 fully saturated rings. The zero-order valence-electron chi connectivity index (χ0n) is 18.0. The normalized spacial score (nSPS) is 20.4. The number of pyridine rings is 1. The molecular formula is C22H33N3O4. The SMILES string of the molecule is CC(C)CC(CNC(=O)c1cc2c([nH]c1=O)CC(C)(C)CC2=O)N1CCOCC1. The summed E-state index contributed by atoms with van der Waals surface area (Å²) in [5.74, 6) is 0.0501. The Morgan fingerprint density at radius 2 is 1.93 bits per heavy atom. The molecule has 1 unspecified atom stereocenters. The van der Waals surface area contributed by atoms with Crippen LogP contribution in [0.3, 0.4) is 0 Å². The summed E-state index contributed by atoms with van der Waals surface area (Å²) in [6.45, 7) is 11.9. The molecule has 0 bridgehead atoms. The molecule has 1 saturated heterocycles. The number of nitrogens with zero attached hydrogens (tertiary/aromatic N) is 1. The Morgan fingerprint density at radius 3 is 2.59 bits per heavy atom. The first-order valence-electron chi connectivity index (χ1n) is 10.6. The van der Waals surface area contributed by atoms with Gasteiger partial charge in [0.1, 0.15) is 5.56 Å². The minimum absolute atomic E-state index is 0.0158. The van der Waals surface area contributed by atoms with E-state index in [1.165, 1.54) is 6.07 Å². The van der Waals surface area contributed by atoms with Gasteiger partial charge in [0, 0.05) is 43.4 Å². The summed E-state index contributed by atoms with van der Waals surface area (Å²) in [4.78, 5) is 42.9. The summed E-state index contributed by atoms with van der Waals surface area (Å²) in [7, 11) is 0. The number of hydrogen-bond donors (Lipinski definition) is 2. The van der Waals surface area contributed by atoms with Crippen molar-refractivity contribution >= 4 is 11.7 Å². The number of carbonyl (C=O) groups is 2. The van der Waals surface area contributed by atoms with Gasteiger partial charge >= 0.3 is 0 Å². The van der Waals surface area contributed by atoms with E-state index in [0.29, 0.717) is 49.8 Å². The second kappa shape index (κ2) is 8.79. The van der Waals surface area contributed by atoms with Gasteiger partial charge in [-0.25, -0.2) is 0 Å². The lowest BCUT2D eigenvalue weighted by molar-refractivity contribution is 0.0124. The van der Waals surface area contributed by atoms with Gasteiger partial charge in [0.2, 0.25) is 0 Å². The van der Waals surface area contributed by atoms with Crippen LogP contribution in [-0.2, 0) is 11.2 Å². The van der Waals surface area contributed by atoms with E-state index in [1.54, 1.807) is 0 Å².